The molecule has 22 heteroatoms. The molecule has 1 heterocycles. The van der Waals surface area contributed by atoms with Gasteiger partial charge in [0.1, 0.15) is 23.7 Å². The van der Waals surface area contributed by atoms with Crippen molar-refractivity contribution < 1.29 is 72.5 Å². The highest BCUT2D eigenvalue weighted by Gasteiger charge is 2.47. The quantitative estimate of drug-likeness (QED) is 0.0452. The number of Topliss-reactive ketones (excluding diaryl/α,β-unsaturated/α-hetero) is 4. The number of hydrogen-bond donors (Lipinski definition) is 9. The van der Waals surface area contributed by atoms with Crippen molar-refractivity contribution in [3.63, 3.8) is 0 Å². The average molecular weight is 1190 g/mol. The summed E-state index contributed by atoms with van der Waals surface area (Å²) in [6.45, 7) is 17.2. The lowest BCUT2D eigenvalue weighted by Gasteiger charge is -2.33. The molecule has 7 amide bonds. The zero-order chi connectivity index (χ0) is 63.9. The van der Waals surface area contributed by atoms with Crippen molar-refractivity contribution in [1.82, 2.24) is 31.9 Å². The van der Waals surface area contributed by atoms with Gasteiger partial charge < -0.3 is 52.6 Å². The molecular weight excluding hydrogens is 1090 g/mol. The van der Waals surface area contributed by atoms with E-state index in [2.05, 4.69) is 31.9 Å². The molecule has 0 aromatic heterocycles. The monoisotopic (exact) mass is 1190 g/mol. The van der Waals surface area contributed by atoms with Crippen LogP contribution in [0.15, 0.2) is 30.3 Å². The van der Waals surface area contributed by atoms with Gasteiger partial charge in [0, 0.05) is 49.9 Å². The van der Waals surface area contributed by atoms with Crippen LogP contribution in [0, 0.1) is 53.3 Å². The first kappa shape index (κ1) is 72.8. The summed E-state index contributed by atoms with van der Waals surface area (Å²) in [5.74, 6) is -15.5. The Morgan fingerprint density at radius 3 is 1.71 bits per heavy atom. The fourth-order valence-electron chi connectivity index (χ4n) is 11.0. The van der Waals surface area contributed by atoms with E-state index >= 15 is 0 Å². The number of nitrogens with two attached hydrogens (primary N) is 1. The Hall–Kier alpha value is -6.42. The number of aliphatic hydroxyl groups excluding tert-OH is 2. The van der Waals surface area contributed by atoms with Crippen LogP contribution in [0.3, 0.4) is 0 Å². The maximum atomic E-state index is 14.5. The van der Waals surface area contributed by atoms with E-state index in [0.29, 0.717) is 64.2 Å². The Kier molecular flexibility index (Phi) is 30.2. The number of rotatable bonds is 33. The van der Waals surface area contributed by atoms with Gasteiger partial charge in [0.15, 0.2) is 23.1 Å². The van der Waals surface area contributed by atoms with E-state index < -0.39 is 193 Å². The first-order valence-electron chi connectivity index (χ1n) is 30.9. The third-order valence-corrected chi connectivity index (χ3v) is 17.8. The van der Waals surface area contributed by atoms with Crippen LogP contribution in [-0.2, 0) is 68.7 Å². The SMILES string of the molecule is CC[C@H](Cc1ccccc1)C(=O)N[C@H](C(=O)C[C@@H](CO)C(=O)N[C@H](CCC(N)=O)C(=O)C[C@@H](C(=O)N[C@H](C(=O)C[C@@H](CO)C(=O)N[C@H]1C(=O)C[C@@H](C)C(=O)NC2(CCCC2)C(=O)N[C@@H]([C@@H](C)CC)C(=O)O[C@H]1C)[C@@H](C)CC)[C@@H](C)CC)[C@@H](C)CC. The molecule has 1 aromatic rings. The van der Waals surface area contributed by atoms with Gasteiger partial charge >= 0.3 is 5.97 Å². The van der Waals surface area contributed by atoms with Crippen molar-refractivity contribution >= 4 is 70.5 Å². The molecule has 15 atom stereocenters. The van der Waals surface area contributed by atoms with Crippen LogP contribution in [0.1, 0.15) is 178 Å². The maximum Gasteiger partial charge on any atom is 0.329 e. The number of amides is 7. The molecule has 2 aliphatic rings. The molecule has 0 radical (unpaired) electrons. The number of ether oxygens (including phenoxy) is 1. The number of esters is 1. The van der Waals surface area contributed by atoms with Crippen molar-refractivity contribution in [2.75, 3.05) is 13.2 Å². The molecule has 0 unspecified atom stereocenters. The van der Waals surface area contributed by atoms with E-state index in [-0.39, 0.29) is 24.7 Å². The molecule has 22 nitrogen and oxygen atoms in total. The molecule has 1 saturated carbocycles. The van der Waals surface area contributed by atoms with Gasteiger partial charge in [-0.3, -0.25) is 52.7 Å². The number of carbonyl (C=O) groups excluding carboxylic acids is 12. The van der Waals surface area contributed by atoms with E-state index in [1.165, 1.54) is 13.8 Å². The van der Waals surface area contributed by atoms with E-state index in [1.807, 2.05) is 51.1 Å². The van der Waals surface area contributed by atoms with Crippen LogP contribution < -0.4 is 37.6 Å². The van der Waals surface area contributed by atoms with Gasteiger partial charge in [0.2, 0.25) is 41.4 Å². The number of cyclic esters (lactones) is 1. The van der Waals surface area contributed by atoms with Gasteiger partial charge in [-0.25, -0.2) is 4.79 Å². The third kappa shape index (κ3) is 21.2. The van der Waals surface area contributed by atoms with Crippen molar-refractivity contribution in [2.24, 2.45) is 59.0 Å². The fraction of sp³-hybridized carbons (Fsp3) is 0.714. The van der Waals surface area contributed by atoms with E-state index in [4.69, 9.17) is 10.5 Å². The molecule has 0 bridgehead atoms. The lowest BCUT2D eigenvalue weighted by molar-refractivity contribution is -0.157. The lowest BCUT2D eigenvalue weighted by Crippen LogP contribution is -2.61. The number of primary amides is 1. The lowest BCUT2D eigenvalue weighted by atomic mass is 9.83. The van der Waals surface area contributed by atoms with Gasteiger partial charge in [-0.15, -0.1) is 0 Å². The molecule has 1 saturated heterocycles. The summed E-state index contributed by atoms with van der Waals surface area (Å²) in [5.41, 5.74) is 5.14. The molecule has 1 aliphatic heterocycles. The Bertz CT molecular complexity index is 2470. The van der Waals surface area contributed by atoms with Gasteiger partial charge in [-0.1, -0.05) is 138 Å². The van der Waals surface area contributed by atoms with Crippen LogP contribution >= 0.6 is 0 Å². The van der Waals surface area contributed by atoms with Crippen molar-refractivity contribution in [2.45, 2.75) is 221 Å². The largest absolute Gasteiger partial charge is 0.458 e. The number of aliphatic hydroxyl groups is 2. The molecule has 1 spiro atoms. The molecule has 2 fully saturated rings. The summed E-state index contributed by atoms with van der Waals surface area (Å²) in [7, 11) is 0. The second-order valence-corrected chi connectivity index (χ2v) is 24.2. The van der Waals surface area contributed by atoms with Crippen molar-refractivity contribution in [3.05, 3.63) is 35.9 Å². The predicted molar refractivity (Wildman–Crippen MR) is 317 cm³/mol. The van der Waals surface area contributed by atoms with E-state index in [1.54, 1.807) is 41.5 Å². The smallest absolute Gasteiger partial charge is 0.329 e. The van der Waals surface area contributed by atoms with Gasteiger partial charge in [-0.05, 0) is 68.3 Å². The van der Waals surface area contributed by atoms with Crippen LogP contribution in [0.4, 0.5) is 0 Å². The Balaban J connectivity index is 1.85. The maximum absolute atomic E-state index is 14.5. The average Bonchev–Trinajstić information content (AvgIpc) is 3.19. The number of hydrogen-bond acceptors (Lipinski definition) is 15. The summed E-state index contributed by atoms with van der Waals surface area (Å²) in [4.78, 5) is 167. The Morgan fingerprint density at radius 2 is 1.20 bits per heavy atom. The van der Waals surface area contributed by atoms with Crippen molar-refractivity contribution in [1.29, 1.82) is 0 Å². The minimum Gasteiger partial charge on any atom is -0.458 e. The highest BCUT2D eigenvalue weighted by atomic mass is 16.5. The number of ketones is 4. The van der Waals surface area contributed by atoms with Crippen LogP contribution in [0.25, 0.3) is 0 Å². The summed E-state index contributed by atoms with van der Waals surface area (Å²) in [6, 6.07) is 3.03. The van der Waals surface area contributed by atoms with E-state index in [0.717, 1.165) is 5.56 Å². The Morgan fingerprint density at radius 1 is 0.671 bits per heavy atom. The van der Waals surface area contributed by atoms with Gasteiger partial charge in [0.05, 0.1) is 43.2 Å². The molecule has 1 aromatic carbocycles. The highest BCUT2D eigenvalue weighted by molar-refractivity contribution is 6.00. The molecule has 1 aliphatic carbocycles. The van der Waals surface area contributed by atoms with Gasteiger partial charge in [-0.2, -0.15) is 0 Å². The second-order valence-electron chi connectivity index (χ2n) is 24.2. The van der Waals surface area contributed by atoms with Gasteiger partial charge in [0.25, 0.3) is 0 Å². The zero-order valence-corrected chi connectivity index (χ0v) is 52.1. The summed E-state index contributed by atoms with van der Waals surface area (Å²) >= 11 is 0. The summed E-state index contributed by atoms with van der Waals surface area (Å²) in [6.07, 6.45) is 0.474. The van der Waals surface area contributed by atoms with E-state index in [9.17, 15) is 67.7 Å². The standard InChI is InChI=1S/C63H99N7O15/c1-12-35(6)45(32-47(73)46(24-25-51(64)77)65-58(80)43(33-71)30-49(75)52(36(7)13-2)66-57(79)42(16-5)29-41-22-18-17-19-23-41)60(82)67-53(37(8)14-3)50(76)31-44(34-72)59(81)68-55-40(11)85-61(83)54(38(9)15-4)69-62(84)63(26-20-21-27-63)70-56(78)39(10)28-48(55)74/h17-19,22-23,35-40,42-46,52-55,71-72H,12-16,20-21,24-34H2,1-11H3,(H2,64,77)(H,65,80)(H,66,79)(H,67,82)(H,68,81)(H,69,84)(H,70,78)/t35-,36-,37-,38-,39+,40-,42+,43-,44-,45+,46+,52-,53-,54-,55+/m0/s1. The molecule has 3 rings (SSSR count). The topological polar surface area (TPSA) is 353 Å². The highest BCUT2D eigenvalue weighted by Crippen LogP contribution is 2.32. The zero-order valence-electron chi connectivity index (χ0n) is 52.1. The minimum absolute atomic E-state index is 0.287. The number of nitrogens with one attached hydrogen (secondary N) is 6. The summed E-state index contributed by atoms with van der Waals surface area (Å²) in [5, 5.41) is 37.6. The second kappa shape index (κ2) is 35.3. The van der Waals surface area contributed by atoms with Crippen molar-refractivity contribution in [3.8, 4) is 0 Å². The van der Waals surface area contributed by atoms with Crippen LogP contribution in [0.2, 0.25) is 0 Å². The molecular formula is C63H99N7O15. The fourth-order valence-corrected chi connectivity index (χ4v) is 11.0. The van der Waals surface area contributed by atoms with Crippen LogP contribution in [-0.4, -0.2) is 136 Å². The third-order valence-electron chi connectivity index (χ3n) is 17.8. The first-order valence-corrected chi connectivity index (χ1v) is 30.9. The van der Waals surface area contributed by atoms with Crippen LogP contribution in [0.5, 0.6) is 0 Å². The summed E-state index contributed by atoms with van der Waals surface area (Å²) < 4.78 is 5.81. The predicted octanol–water partition coefficient (Wildman–Crippen LogP) is 3.81. The number of carbonyl (C=O) groups is 12. The normalized spacial score (nSPS) is 22.2. The molecule has 85 heavy (non-hydrogen) atoms. The molecule has 10 N–H and O–H groups in total. The molecule has 476 valence electrons. The minimum atomic E-state index is -1.57. The first-order chi connectivity index (χ1) is 40.1. The Labute approximate surface area is 502 Å². The number of benzene rings is 1.